The minimum atomic E-state index is -0.0469. The van der Waals surface area contributed by atoms with E-state index in [4.69, 9.17) is 6.42 Å². The van der Waals surface area contributed by atoms with Gasteiger partial charge in [-0.1, -0.05) is 12.8 Å². The van der Waals surface area contributed by atoms with Crippen LogP contribution in [0.25, 0.3) is 0 Å². The van der Waals surface area contributed by atoms with E-state index in [0.29, 0.717) is 0 Å². The molecule has 0 amide bonds. The second kappa shape index (κ2) is 3.49. The zero-order chi connectivity index (χ0) is 9.19. The third kappa shape index (κ3) is 2.01. The summed E-state index contributed by atoms with van der Waals surface area (Å²) >= 11 is 0. The molecule has 1 rings (SSSR count). The highest BCUT2D eigenvalue weighted by atomic mass is 15.2. The van der Waals surface area contributed by atoms with Gasteiger partial charge in [0.05, 0.1) is 5.54 Å². The standard InChI is InChI=1S/C11H19N/c1-5-11(3,4)12-8-6-7-10(2)9-12/h1,10H,6-9H2,2-4H3. The molecule has 12 heavy (non-hydrogen) atoms. The van der Waals surface area contributed by atoms with E-state index in [1.54, 1.807) is 0 Å². The van der Waals surface area contributed by atoms with Gasteiger partial charge in [0.25, 0.3) is 0 Å². The minimum absolute atomic E-state index is 0.0469. The van der Waals surface area contributed by atoms with Crippen molar-refractivity contribution in [2.45, 2.75) is 39.2 Å². The van der Waals surface area contributed by atoms with Gasteiger partial charge in [-0.25, -0.2) is 0 Å². The normalized spacial score (nSPS) is 26.7. The first-order valence-corrected chi connectivity index (χ1v) is 4.79. The van der Waals surface area contributed by atoms with E-state index in [2.05, 4.69) is 31.6 Å². The third-order valence-electron chi connectivity index (χ3n) is 2.80. The number of nitrogens with zero attached hydrogens (tertiary/aromatic N) is 1. The predicted octanol–water partition coefficient (Wildman–Crippen LogP) is 2.13. The van der Waals surface area contributed by atoms with Gasteiger partial charge in [0, 0.05) is 6.54 Å². The van der Waals surface area contributed by atoms with Crippen LogP contribution < -0.4 is 0 Å². The van der Waals surface area contributed by atoms with Crippen molar-refractivity contribution in [3.63, 3.8) is 0 Å². The monoisotopic (exact) mass is 165 g/mol. The Morgan fingerprint density at radius 3 is 2.67 bits per heavy atom. The second-order valence-electron chi connectivity index (χ2n) is 4.40. The molecule has 68 valence electrons. The van der Waals surface area contributed by atoms with E-state index in [0.717, 1.165) is 12.5 Å². The molecular formula is C11H19N. The molecule has 0 saturated carbocycles. The zero-order valence-electron chi connectivity index (χ0n) is 8.43. The number of piperidine rings is 1. The summed E-state index contributed by atoms with van der Waals surface area (Å²) in [5, 5.41) is 0. The molecule has 1 aliphatic heterocycles. The Bertz CT molecular complexity index is 188. The minimum Gasteiger partial charge on any atom is -0.287 e. The van der Waals surface area contributed by atoms with Crippen LogP contribution in [-0.2, 0) is 0 Å². The van der Waals surface area contributed by atoms with Crippen molar-refractivity contribution in [1.82, 2.24) is 4.90 Å². The maximum absolute atomic E-state index is 5.49. The van der Waals surface area contributed by atoms with Crippen molar-refractivity contribution in [2.75, 3.05) is 13.1 Å². The molecule has 0 aliphatic carbocycles. The quantitative estimate of drug-likeness (QED) is 0.538. The van der Waals surface area contributed by atoms with Crippen molar-refractivity contribution >= 4 is 0 Å². The molecule has 1 saturated heterocycles. The lowest BCUT2D eigenvalue weighted by Gasteiger charge is -2.39. The number of rotatable bonds is 1. The van der Waals surface area contributed by atoms with Crippen LogP contribution in [0.1, 0.15) is 33.6 Å². The van der Waals surface area contributed by atoms with Crippen molar-refractivity contribution in [2.24, 2.45) is 5.92 Å². The summed E-state index contributed by atoms with van der Waals surface area (Å²) in [5.41, 5.74) is -0.0469. The molecule has 1 unspecified atom stereocenters. The molecule has 1 heterocycles. The summed E-state index contributed by atoms with van der Waals surface area (Å²) in [6.07, 6.45) is 8.15. The first-order chi connectivity index (χ1) is 5.56. The highest BCUT2D eigenvalue weighted by molar-refractivity contribution is 5.09. The van der Waals surface area contributed by atoms with E-state index in [-0.39, 0.29) is 5.54 Å². The second-order valence-corrected chi connectivity index (χ2v) is 4.40. The summed E-state index contributed by atoms with van der Waals surface area (Å²) in [4.78, 5) is 2.42. The van der Waals surface area contributed by atoms with Gasteiger partial charge in [-0.15, -0.1) is 6.42 Å². The Morgan fingerprint density at radius 1 is 1.50 bits per heavy atom. The number of terminal acetylenes is 1. The van der Waals surface area contributed by atoms with Gasteiger partial charge in [0.2, 0.25) is 0 Å². The zero-order valence-corrected chi connectivity index (χ0v) is 8.43. The molecule has 0 radical (unpaired) electrons. The van der Waals surface area contributed by atoms with Crippen molar-refractivity contribution in [3.05, 3.63) is 0 Å². The average molecular weight is 165 g/mol. The van der Waals surface area contributed by atoms with Crippen LogP contribution in [0, 0.1) is 18.3 Å². The smallest absolute Gasteiger partial charge is 0.0766 e. The van der Waals surface area contributed by atoms with Crippen molar-refractivity contribution in [1.29, 1.82) is 0 Å². The molecule has 1 fully saturated rings. The molecule has 0 aromatic rings. The van der Waals surface area contributed by atoms with Gasteiger partial charge in [-0.3, -0.25) is 4.90 Å². The summed E-state index contributed by atoms with van der Waals surface area (Å²) in [6.45, 7) is 8.90. The lowest BCUT2D eigenvalue weighted by molar-refractivity contribution is 0.109. The topological polar surface area (TPSA) is 3.24 Å². The van der Waals surface area contributed by atoms with E-state index in [1.165, 1.54) is 19.4 Å². The highest BCUT2D eigenvalue weighted by Crippen LogP contribution is 2.22. The number of hydrogen-bond acceptors (Lipinski definition) is 1. The van der Waals surface area contributed by atoms with Gasteiger partial charge in [0.1, 0.15) is 0 Å². The van der Waals surface area contributed by atoms with Gasteiger partial charge in [-0.05, 0) is 39.2 Å². The molecular weight excluding hydrogens is 146 g/mol. The van der Waals surface area contributed by atoms with Gasteiger partial charge in [-0.2, -0.15) is 0 Å². The SMILES string of the molecule is C#CC(C)(C)N1CCCC(C)C1. The fourth-order valence-corrected chi connectivity index (χ4v) is 1.79. The van der Waals surface area contributed by atoms with E-state index >= 15 is 0 Å². The average Bonchev–Trinajstić information content (AvgIpc) is 2.05. The Kier molecular flexibility index (Phi) is 2.80. The van der Waals surface area contributed by atoms with E-state index in [1.807, 2.05) is 0 Å². The molecule has 1 heteroatoms. The van der Waals surface area contributed by atoms with Crippen molar-refractivity contribution < 1.29 is 0 Å². The molecule has 1 atom stereocenters. The Balaban J connectivity index is 2.58. The molecule has 0 aromatic carbocycles. The van der Waals surface area contributed by atoms with Crippen LogP contribution in [0.15, 0.2) is 0 Å². The van der Waals surface area contributed by atoms with Gasteiger partial charge < -0.3 is 0 Å². The van der Waals surface area contributed by atoms with Crippen LogP contribution in [0.5, 0.6) is 0 Å². The summed E-state index contributed by atoms with van der Waals surface area (Å²) in [7, 11) is 0. The lowest BCUT2D eigenvalue weighted by atomic mass is 9.94. The molecule has 1 aliphatic rings. The number of hydrogen-bond donors (Lipinski definition) is 0. The van der Waals surface area contributed by atoms with Crippen LogP contribution in [-0.4, -0.2) is 23.5 Å². The lowest BCUT2D eigenvalue weighted by Crippen LogP contribution is -2.47. The molecule has 0 aromatic heterocycles. The van der Waals surface area contributed by atoms with Gasteiger partial charge in [0.15, 0.2) is 0 Å². The summed E-state index contributed by atoms with van der Waals surface area (Å²) < 4.78 is 0. The van der Waals surface area contributed by atoms with E-state index in [9.17, 15) is 0 Å². The molecule has 1 nitrogen and oxygen atoms in total. The Morgan fingerprint density at radius 2 is 2.17 bits per heavy atom. The maximum Gasteiger partial charge on any atom is 0.0766 e. The maximum atomic E-state index is 5.49. The Hall–Kier alpha value is -0.480. The molecule has 0 N–H and O–H groups in total. The van der Waals surface area contributed by atoms with Crippen LogP contribution in [0.4, 0.5) is 0 Å². The Labute approximate surface area is 76.1 Å². The third-order valence-corrected chi connectivity index (χ3v) is 2.80. The van der Waals surface area contributed by atoms with Crippen LogP contribution in [0.2, 0.25) is 0 Å². The highest BCUT2D eigenvalue weighted by Gasteiger charge is 2.27. The summed E-state index contributed by atoms with van der Waals surface area (Å²) in [6, 6.07) is 0. The fourth-order valence-electron chi connectivity index (χ4n) is 1.79. The van der Waals surface area contributed by atoms with Gasteiger partial charge >= 0.3 is 0 Å². The molecule has 0 bridgehead atoms. The largest absolute Gasteiger partial charge is 0.287 e. The first-order valence-electron chi connectivity index (χ1n) is 4.79. The van der Waals surface area contributed by atoms with E-state index < -0.39 is 0 Å². The first kappa shape index (κ1) is 9.61. The number of likely N-dealkylation sites (tertiary alicyclic amines) is 1. The predicted molar refractivity (Wildman–Crippen MR) is 52.9 cm³/mol. The van der Waals surface area contributed by atoms with Crippen LogP contribution >= 0.6 is 0 Å². The van der Waals surface area contributed by atoms with Crippen molar-refractivity contribution in [3.8, 4) is 12.3 Å². The molecule has 0 spiro atoms. The van der Waals surface area contributed by atoms with Crippen LogP contribution in [0.3, 0.4) is 0 Å². The fraction of sp³-hybridized carbons (Fsp3) is 0.818. The summed E-state index contributed by atoms with van der Waals surface area (Å²) in [5.74, 6) is 3.67.